The lowest BCUT2D eigenvalue weighted by Gasteiger charge is -2.13. The molecule has 0 aliphatic rings. The zero-order valence-electron chi connectivity index (χ0n) is 10.2. The molecule has 2 aromatic rings. The lowest BCUT2D eigenvalue weighted by molar-refractivity contribution is 0.170. The van der Waals surface area contributed by atoms with Gasteiger partial charge in [-0.25, -0.2) is 4.39 Å². The first-order valence-corrected chi connectivity index (χ1v) is 6.40. The second kappa shape index (κ2) is 5.20. The number of rotatable bonds is 3. The summed E-state index contributed by atoms with van der Waals surface area (Å²) in [6, 6.07) is 6.55. The van der Waals surface area contributed by atoms with Crippen molar-refractivity contribution >= 4 is 15.9 Å². The minimum atomic E-state index is -0.893. The van der Waals surface area contributed by atoms with Gasteiger partial charge in [-0.2, -0.15) is 5.10 Å². The van der Waals surface area contributed by atoms with Crippen LogP contribution in [0.5, 0.6) is 0 Å². The molecule has 1 N–H and O–H groups in total. The molecule has 1 heterocycles. The summed E-state index contributed by atoms with van der Waals surface area (Å²) < 4.78 is 16.0. The highest BCUT2D eigenvalue weighted by molar-refractivity contribution is 9.10. The molecular weight excluding hydrogens is 299 g/mol. The molecule has 0 saturated carbocycles. The average molecular weight is 313 g/mol. The average Bonchev–Trinajstić information content (AvgIpc) is 2.57. The molecule has 0 amide bonds. The smallest absolute Gasteiger partial charge is 0.130 e. The van der Waals surface area contributed by atoms with E-state index in [-0.39, 0.29) is 5.56 Å². The molecule has 0 radical (unpaired) electrons. The second-order valence-electron chi connectivity index (χ2n) is 4.26. The maximum absolute atomic E-state index is 13.7. The number of benzene rings is 1. The molecule has 96 valence electrons. The Kier molecular flexibility index (Phi) is 3.82. The predicted octanol–water partition coefficient (Wildman–Crippen LogP) is 2.91. The van der Waals surface area contributed by atoms with E-state index in [2.05, 4.69) is 21.0 Å². The summed E-state index contributed by atoms with van der Waals surface area (Å²) in [4.78, 5) is 0. The number of nitrogens with zero attached hydrogens (tertiary/aromatic N) is 2. The lowest BCUT2D eigenvalue weighted by Crippen LogP contribution is -2.08. The molecule has 1 unspecified atom stereocenters. The van der Waals surface area contributed by atoms with E-state index >= 15 is 0 Å². The van der Waals surface area contributed by atoms with E-state index in [1.807, 2.05) is 20.0 Å². The number of halogens is 2. The molecule has 1 aromatic heterocycles. The van der Waals surface area contributed by atoms with Crippen LogP contribution < -0.4 is 0 Å². The third kappa shape index (κ3) is 2.62. The largest absolute Gasteiger partial charge is 0.388 e. The minimum Gasteiger partial charge on any atom is -0.388 e. The fourth-order valence-corrected chi connectivity index (χ4v) is 2.59. The van der Waals surface area contributed by atoms with E-state index in [9.17, 15) is 9.50 Å². The molecule has 0 aliphatic heterocycles. The molecule has 0 bridgehead atoms. The van der Waals surface area contributed by atoms with Gasteiger partial charge in [0.05, 0.1) is 11.8 Å². The van der Waals surface area contributed by atoms with Gasteiger partial charge < -0.3 is 5.11 Å². The maximum Gasteiger partial charge on any atom is 0.130 e. The summed E-state index contributed by atoms with van der Waals surface area (Å²) in [5, 5.41) is 14.4. The van der Waals surface area contributed by atoms with E-state index < -0.39 is 11.9 Å². The van der Waals surface area contributed by atoms with Crippen molar-refractivity contribution in [3.05, 3.63) is 51.5 Å². The lowest BCUT2D eigenvalue weighted by atomic mass is 10.0. The molecule has 0 fully saturated rings. The second-order valence-corrected chi connectivity index (χ2v) is 5.11. The van der Waals surface area contributed by atoms with Crippen molar-refractivity contribution in [1.82, 2.24) is 9.78 Å². The Balaban J connectivity index is 2.27. The van der Waals surface area contributed by atoms with Crippen molar-refractivity contribution in [3.8, 4) is 0 Å². The monoisotopic (exact) mass is 312 g/mol. The van der Waals surface area contributed by atoms with E-state index in [0.29, 0.717) is 10.9 Å². The number of aliphatic hydroxyl groups is 1. The SMILES string of the molecule is Cc1cc(CC(O)c2c(F)cccc2Br)n(C)n1. The van der Waals surface area contributed by atoms with Crippen LogP contribution in [0.4, 0.5) is 4.39 Å². The number of aromatic nitrogens is 2. The molecule has 5 heteroatoms. The Morgan fingerprint density at radius 3 is 2.78 bits per heavy atom. The van der Waals surface area contributed by atoms with Crippen LogP contribution in [0.3, 0.4) is 0 Å². The van der Waals surface area contributed by atoms with Gasteiger partial charge in [0.2, 0.25) is 0 Å². The van der Waals surface area contributed by atoms with Gasteiger partial charge in [0, 0.05) is 29.2 Å². The quantitative estimate of drug-likeness (QED) is 0.946. The predicted molar refractivity (Wildman–Crippen MR) is 70.7 cm³/mol. The molecular formula is C13H14BrFN2O. The molecule has 18 heavy (non-hydrogen) atoms. The molecule has 3 nitrogen and oxygen atoms in total. The minimum absolute atomic E-state index is 0.288. The summed E-state index contributed by atoms with van der Waals surface area (Å²) in [6.45, 7) is 1.88. The van der Waals surface area contributed by atoms with E-state index in [0.717, 1.165) is 11.4 Å². The normalized spacial score (nSPS) is 12.7. The maximum atomic E-state index is 13.7. The van der Waals surface area contributed by atoms with Gasteiger partial charge in [-0.3, -0.25) is 4.68 Å². The fraction of sp³-hybridized carbons (Fsp3) is 0.308. The first-order chi connectivity index (χ1) is 8.49. The third-order valence-electron chi connectivity index (χ3n) is 2.83. The number of aliphatic hydroxyl groups excluding tert-OH is 1. The molecule has 2 rings (SSSR count). The van der Waals surface area contributed by atoms with Crippen LogP contribution in [-0.4, -0.2) is 14.9 Å². The van der Waals surface area contributed by atoms with Crippen LogP contribution >= 0.6 is 15.9 Å². The Morgan fingerprint density at radius 1 is 1.50 bits per heavy atom. The van der Waals surface area contributed by atoms with Crippen molar-refractivity contribution in [3.63, 3.8) is 0 Å². The number of hydrogen-bond acceptors (Lipinski definition) is 2. The van der Waals surface area contributed by atoms with Gasteiger partial charge in [-0.05, 0) is 25.1 Å². The highest BCUT2D eigenvalue weighted by atomic mass is 79.9. The molecule has 0 saturated heterocycles. The first kappa shape index (κ1) is 13.2. The Labute approximate surface area is 113 Å². The summed E-state index contributed by atoms with van der Waals surface area (Å²) in [6.07, 6.45) is -0.563. The van der Waals surface area contributed by atoms with Crippen LogP contribution in [0.1, 0.15) is 23.1 Å². The summed E-state index contributed by atoms with van der Waals surface area (Å²) in [5.41, 5.74) is 2.04. The van der Waals surface area contributed by atoms with E-state index in [1.165, 1.54) is 6.07 Å². The molecule has 1 atom stereocenters. The van der Waals surface area contributed by atoms with Crippen LogP contribution in [0.2, 0.25) is 0 Å². The van der Waals surface area contributed by atoms with E-state index in [1.54, 1.807) is 16.8 Å². The van der Waals surface area contributed by atoms with Crippen molar-refractivity contribution in [2.24, 2.45) is 7.05 Å². The van der Waals surface area contributed by atoms with Crippen LogP contribution in [0.25, 0.3) is 0 Å². The highest BCUT2D eigenvalue weighted by Crippen LogP contribution is 2.28. The number of hydrogen-bond donors (Lipinski definition) is 1. The first-order valence-electron chi connectivity index (χ1n) is 5.60. The number of aryl methyl sites for hydroxylation is 2. The van der Waals surface area contributed by atoms with Crippen LogP contribution in [0, 0.1) is 12.7 Å². The van der Waals surface area contributed by atoms with Gasteiger partial charge in [-0.15, -0.1) is 0 Å². The van der Waals surface area contributed by atoms with Gasteiger partial charge in [0.25, 0.3) is 0 Å². The Morgan fingerprint density at radius 2 is 2.22 bits per heavy atom. The fourth-order valence-electron chi connectivity index (χ4n) is 1.98. The van der Waals surface area contributed by atoms with E-state index in [4.69, 9.17) is 0 Å². The highest BCUT2D eigenvalue weighted by Gasteiger charge is 2.18. The topological polar surface area (TPSA) is 38.0 Å². The standard InChI is InChI=1S/C13H14BrFN2O/c1-8-6-9(17(2)16-8)7-12(18)13-10(14)4-3-5-11(13)15/h3-6,12,18H,7H2,1-2H3. The van der Waals surface area contributed by atoms with Crippen LogP contribution in [-0.2, 0) is 13.5 Å². The third-order valence-corrected chi connectivity index (χ3v) is 3.53. The molecule has 0 spiro atoms. The Hall–Kier alpha value is -1.20. The van der Waals surface area contributed by atoms with Crippen molar-refractivity contribution in [2.45, 2.75) is 19.4 Å². The van der Waals surface area contributed by atoms with Gasteiger partial charge in [0.15, 0.2) is 0 Å². The van der Waals surface area contributed by atoms with Crippen molar-refractivity contribution < 1.29 is 9.50 Å². The van der Waals surface area contributed by atoms with Gasteiger partial charge in [0.1, 0.15) is 5.82 Å². The van der Waals surface area contributed by atoms with Gasteiger partial charge >= 0.3 is 0 Å². The zero-order valence-corrected chi connectivity index (χ0v) is 11.8. The van der Waals surface area contributed by atoms with Crippen LogP contribution in [0.15, 0.2) is 28.7 Å². The van der Waals surface area contributed by atoms with Gasteiger partial charge in [-0.1, -0.05) is 22.0 Å². The summed E-state index contributed by atoms with van der Waals surface area (Å²) >= 11 is 3.26. The molecule has 1 aromatic carbocycles. The summed E-state index contributed by atoms with van der Waals surface area (Å²) in [5.74, 6) is -0.407. The Bertz CT molecular complexity index is 548. The van der Waals surface area contributed by atoms with Crippen molar-refractivity contribution in [2.75, 3.05) is 0 Å². The summed E-state index contributed by atoms with van der Waals surface area (Å²) in [7, 11) is 1.81. The zero-order chi connectivity index (χ0) is 13.3. The van der Waals surface area contributed by atoms with Crippen molar-refractivity contribution in [1.29, 1.82) is 0 Å². The molecule has 0 aliphatic carbocycles.